The lowest BCUT2D eigenvalue weighted by Crippen LogP contribution is -2.44. The van der Waals surface area contributed by atoms with Crippen LogP contribution in [0.3, 0.4) is 0 Å². The highest BCUT2D eigenvalue weighted by Crippen LogP contribution is 2.59. The third-order valence-corrected chi connectivity index (χ3v) is 7.67. The summed E-state index contributed by atoms with van der Waals surface area (Å²) in [5, 5.41) is 3.38. The van der Waals surface area contributed by atoms with Crippen molar-refractivity contribution in [2.45, 2.75) is 64.8 Å². The van der Waals surface area contributed by atoms with Gasteiger partial charge in [-0.1, -0.05) is 19.9 Å². The Hall–Kier alpha value is -1.97. The van der Waals surface area contributed by atoms with Crippen molar-refractivity contribution in [3.8, 4) is 0 Å². The number of allylic oxidation sites excluding steroid dienone is 2. The molecule has 3 saturated carbocycles. The van der Waals surface area contributed by atoms with Crippen molar-refractivity contribution in [2.24, 2.45) is 34.6 Å². The van der Waals surface area contributed by atoms with Gasteiger partial charge in [-0.3, -0.25) is 9.79 Å². The smallest absolute Gasteiger partial charge is 0.222 e. The van der Waals surface area contributed by atoms with Crippen LogP contribution in [0.25, 0.3) is 5.57 Å². The Balaban J connectivity index is 1.45. The molecular weight excluding hydrogens is 363 g/mol. The van der Waals surface area contributed by atoms with E-state index in [1.165, 1.54) is 24.5 Å². The molecule has 2 unspecified atom stereocenters. The number of nitrogens with zero attached hydrogens (tertiary/aromatic N) is 1. The highest BCUT2D eigenvalue weighted by molar-refractivity contribution is 5.79. The standard InChI is InChI=1S/C25H33FN2O/c1-5-21(22-14-20(26)6-7-23(22)27-4)18-10-16-12-19(13-17(16)11-18)25(8-9-25)28-24(29)15(2)3/h5-7,14-19H,4,8-13H2,1-3H3,(H,28,29)/b21-5-/t16-,17+,18?,19?. The van der Waals surface area contributed by atoms with E-state index in [1.807, 2.05) is 20.8 Å². The molecule has 4 rings (SSSR count). The summed E-state index contributed by atoms with van der Waals surface area (Å²) in [6.07, 6.45) is 9.15. The van der Waals surface area contributed by atoms with Gasteiger partial charge in [-0.2, -0.15) is 0 Å². The predicted molar refractivity (Wildman–Crippen MR) is 117 cm³/mol. The molecule has 0 saturated heterocycles. The van der Waals surface area contributed by atoms with E-state index in [9.17, 15) is 9.18 Å². The minimum Gasteiger partial charge on any atom is -0.350 e. The van der Waals surface area contributed by atoms with Crippen LogP contribution in [0.2, 0.25) is 0 Å². The zero-order valence-electron chi connectivity index (χ0n) is 17.9. The third kappa shape index (κ3) is 3.78. The van der Waals surface area contributed by atoms with Crippen LogP contribution in [0.5, 0.6) is 0 Å². The third-order valence-electron chi connectivity index (χ3n) is 7.67. The zero-order chi connectivity index (χ0) is 20.8. The van der Waals surface area contributed by atoms with Gasteiger partial charge in [-0.25, -0.2) is 4.39 Å². The molecule has 0 bridgehead atoms. The summed E-state index contributed by atoms with van der Waals surface area (Å²) in [6, 6.07) is 4.79. The average Bonchev–Trinajstić information content (AvgIpc) is 3.18. The van der Waals surface area contributed by atoms with Crippen molar-refractivity contribution in [3.63, 3.8) is 0 Å². The number of hydrogen-bond donors (Lipinski definition) is 1. The molecule has 3 aliphatic rings. The number of nitrogens with one attached hydrogen (secondary N) is 1. The van der Waals surface area contributed by atoms with E-state index >= 15 is 0 Å². The summed E-state index contributed by atoms with van der Waals surface area (Å²) in [7, 11) is 0. The van der Waals surface area contributed by atoms with Crippen molar-refractivity contribution in [1.29, 1.82) is 0 Å². The summed E-state index contributed by atoms with van der Waals surface area (Å²) in [5.74, 6) is 2.53. The molecule has 1 aromatic rings. The predicted octanol–water partition coefficient (Wildman–Crippen LogP) is 5.92. The molecule has 0 spiro atoms. The fourth-order valence-electron chi connectivity index (χ4n) is 5.97. The van der Waals surface area contributed by atoms with Crippen LogP contribution in [-0.2, 0) is 4.79 Å². The molecule has 1 N–H and O–H groups in total. The normalized spacial score (nSPS) is 30.3. The molecule has 1 aromatic carbocycles. The molecule has 3 nitrogen and oxygen atoms in total. The van der Waals surface area contributed by atoms with Crippen LogP contribution in [0.1, 0.15) is 64.9 Å². The molecular formula is C25H33FN2O. The second-order valence-corrected chi connectivity index (χ2v) is 9.72. The molecule has 4 heteroatoms. The number of carbonyl (C=O) groups is 1. The van der Waals surface area contributed by atoms with E-state index in [0.717, 1.165) is 36.9 Å². The quantitative estimate of drug-likeness (QED) is 0.596. The lowest BCUT2D eigenvalue weighted by molar-refractivity contribution is -0.125. The Morgan fingerprint density at radius 3 is 2.41 bits per heavy atom. The Labute approximate surface area is 173 Å². The van der Waals surface area contributed by atoms with Gasteiger partial charge in [0.2, 0.25) is 5.91 Å². The van der Waals surface area contributed by atoms with Crippen LogP contribution in [0, 0.1) is 35.4 Å². The minimum atomic E-state index is -0.221. The Bertz CT molecular complexity index is 825. The first kappa shape index (κ1) is 20.3. The van der Waals surface area contributed by atoms with Gasteiger partial charge in [0, 0.05) is 17.0 Å². The van der Waals surface area contributed by atoms with E-state index in [1.54, 1.807) is 12.1 Å². The van der Waals surface area contributed by atoms with E-state index in [0.29, 0.717) is 23.7 Å². The van der Waals surface area contributed by atoms with Crippen LogP contribution < -0.4 is 5.32 Å². The van der Waals surface area contributed by atoms with Crippen LogP contribution in [0.4, 0.5) is 10.1 Å². The fraction of sp³-hybridized carbons (Fsp3) is 0.600. The van der Waals surface area contributed by atoms with E-state index in [4.69, 9.17) is 0 Å². The first-order valence-electron chi connectivity index (χ1n) is 11.1. The molecule has 4 atom stereocenters. The first-order chi connectivity index (χ1) is 13.9. The molecule has 3 aliphatic carbocycles. The number of halogens is 1. The number of benzene rings is 1. The largest absolute Gasteiger partial charge is 0.350 e. The van der Waals surface area contributed by atoms with E-state index in [2.05, 4.69) is 23.1 Å². The Kier molecular flexibility index (Phi) is 5.39. The van der Waals surface area contributed by atoms with Crippen molar-refractivity contribution < 1.29 is 9.18 Å². The molecule has 0 aromatic heterocycles. The summed E-state index contributed by atoms with van der Waals surface area (Å²) >= 11 is 0. The van der Waals surface area contributed by atoms with Gasteiger partial charge in [-0.15, -0.1) is 0 Å². The van der Waals surface area contributed by atoms with Crippen molar-refractivity contribution >= 4 is 23.9 Å². The Morgan fingerprint density at radius 2 is 1.90 bits per heavy atom. The lowest BCUT2D eigenvalue weighted by Gasteiger charge is -2.27. The molecule has 0 heterocycles. The fourth-order valence-corrected chi connectivity index (χ4v) is 5.97. The van der Waals surface area contributed by atoms with Crippen LogP contribution >= 0.6 is 0 Å². The van der Waals surface area contributed by atoms with Crippen molar-refractivity contribution in [1.82, 2.24) is 5.32 Å². The van der Waals surface area contributed by atoms with Gasteiger partial charge in [0.15, 0.2) is 0 Å². The molecule has 0 radical (unpaired) electrons. The van der Waals surface area contributed by atoms with Gasteiger partial charge < -0.3 is 5.32 Å². The van der Waals surface area contributed by atoms with Crippen LogP contribution in [-0.4, -0.2) is 18.2 Å². The minimum absolute atomic E-state index is 0.0499. The Morgan fingerprint density at radius 1 is 1.24 bits per heavy atom. The van der Waals surface area contributed by atoms with Gasteiger partial charge in [-0.05, 0) is 99.6 Å². The lowest BCUT2D eigenvalue weighted by atomic mass is 9.85. The zero-order valence-corrected chi connectivity index (χ0v) is 17.9. The maximum Gasteiger partial charge on any atom is 0.222 e. The summed E-state index contributed by atoms with van der Waals surface area (Å²) in [4.78, 5) is 16.4. The van der Waals surface area contributed by atoms with E-state index in [-0.39, 0.29) is 23.2 Å². The molecule has 0 aliphatic heterocycles. The second kappa shape index (κ2) is 7.70. The highest BCUT2D eigenvalue weighted by Gasteiger charge is 2.56. The molecule has 29 heavy (non-hydrogen) atoms. The maximum atomic E-state index is 13.9. The highest BCUT2D eigenvalue weighted by atomic mass is 19.1. The summed E-state index contributed by atoms with van der Waals surface area (Å²) in [6.45, 7) is 9.65. The summed E-state index contributed by atoms with van der Waals surface area (Å²) < 4.78 is 13.9. The number of carbonyl (C=O) groups excluding carboxylic acids is 1. The number of rotatable bonds is 6. The number of amides is 1. The average molecular weight is 397 g/mol. The van der Waals surface area contributed by atoms with E-state index < -0.39 is 0 Å². The van der Waals surface area contributed by atoms with Gasteiger partial charge in [0.1, 0.15) is 5.82 Å². The topological polar surface area (TPSA) is 41.5 Å². The van der Waals surface area contributed by atoms with Crippen molar-refractivity contribution in [3.05, 3.63) is 35.7 Å². The number of hydrogen-bond acceptors (Lipinski definition) is 2. The van der Waals surface area contributed by atoms with Gasteiger partial charge in [0.05, 0.1) is 5.69 Å². The van der Waals surface area contributed by atoms with Crippen molar-refractivity contribution in [2.75, 3.05) is 0 Å². The van der Waals surface area contributed by atoms with Gasteiger partial charge in [0.25, 0.3) is 0 Å². The molecule has 156 valence electrons. The SMILES string of the molecule is C=Nc1ccc(F)cc1/C(=C\C)C1C[C@@H]2CC(C3(NC(=O)C(C)C)CC3)C[C@@H]2C1. The second-order valence-electron chi connectivity index (χ2n) is 9.72. The number of aliphatic imine (C=N–C) groups is 1. The molecule has 3 fully saturated rings. The summed E-state index contributed by atoms with van der Waals surface area (Å²) in [5.41, 5.74) is 2.95. The maximum absolute atomic E-state index is 13.9. The first-order valence-corrected chi connectivity index (χ1v) is 11.1. The van der Waals surface area contributed by atoms with Gasteiger partial charge >= 0.3 is 0 Å². The monoisotopic (exact) mass is 396 g/mol. The number of fused-ring (bicyclic) bond motifs is 1. The van der Waals surface area contributed by atoms with Crippen LogP contribution in [0.15, 0.2) is 29.3 Å². The molecule has 1 amide bonds.